The molecular formula is C5H8N2S. The summed E-state index contributed by atoms with van der Waals surface area (Å²) in [6.45, 7) is 0. The second-order valence-electron chi connectivity index (χ2n) is 1.54. The Labute approximate surface area is 52.6 Å². The molecule has 0 aromatic rings. The fourth-order valence-electron chi connectivity index (χ4n) is 0.496. The van der Waals surface area contributed by atoms with Crippen LogP contribution in [0.5, 0.6) is 0 Å². The van der Waals surface area contributed by atoms with E-state index in [9.17, 15) is 0 Å². The Hall–Kier alpha value is -0.410. The number of nitrogens with two attached hydrogens (primary N) is 2. The van der Waals surface area contributed by atoms with Crippen molar-refractivity contribution in [3.63, 3.8) is 0 Å². The van der Waals surface area contributed by atoms with E-state index in [2.05, 4.69) is 0 Å². The van der Waals surface area contributed by atoms with Gasteiger partial charge < -0.3 is 11.5 Å². The van der Waals surface area contributed by atoms with Crippen LogP contribution in [0.15, 0.2) is 23.3 Å². The van der Waals surface area contributed by atoms with Gasteiger partial charge in [-0.3, -0.25) is 0 Å². The Morgan fingerprint density at radius 3 is 2.75 bits per heavy atom. The lowest BCUT2D eigenvalue weighted by Crippen LogP contribution is -2.15. The molecule has 0 aliphatic carbocycles. The van der Waals surface area contributed by atoms with Crippen LogP contribution in [-0.2, 0) is 0 Å². The highest BCUT2D eigenvalue weighted by molar-refractivity contribution is 8.03. The number of hydrogen-bond acceptors (Lipinski definition) is 3. The molecule has 0 aromatic heterocycles. The van der Waals surface area contributed by atoms with Gasteiger partial charge in [0, 0.05) is 0 Å². The second kappa shape index (κ2) is 2.24. The molecule has 44 valence electrons. The van der Waals surface area contributed by atoms with E-state index in [0.29, 0.717) is 0 Å². The summed E-state index contributed by atoms with van der Waals surface area (Å²) in [5.41, 5.74) is 10.9. The predicted octanol–water partition coefficient (Wildman–Crippen LogP) is 0.374. The highest BCUT2D eigenvalue weighted by Crippen LogP contribution is 2.17. The van der Waals surface area contributed by atoms with Crippen molar-refractivity contribution in [2.75, 3.05) is 0 Å². The fraction of sp³-hybridized carbons (Fsp3) is 0.200. The maximum Gasteiger partial charge on any atom is 0.0758 e. The lowest BCUT2D eigenvalue weighted by atomic mass is 10.4. The summed E-state index contributed by atoms with van der Waals surface area (Å²) in [7, 11) is 0. The quantitative estimate of drug-likeness (QED) is 0.495. The number of allylic oxidation sites excluding steroid dienone is 2. The van der Waals surface area contributed by atoms with Gasteiger partial charge in [0.2, 0.25) is 0 Å². The van der Waals surface area contributed by atoms with E-state index in [0.717, 1.165) is 5.03 Å². The van der Waals surface area contributed by atoms with Crippen molar-refractivity contribution in [2.45, 2.75) is 5.37 Å². The summed E-state index contributed by atoms with van der Waals surface area (Å²) >= 11 is 1.47. The maximum absolute atomic E-state index is 5.48. The minimum absolute atomic E-state index is 0.0556. The molecular weight excluding hydrogens is 120 g/mol. The van der Waals surface area contributed by atoms with Crippen LogP contribution < -0.4 is 11.5 Å². The highest BCUT2D eigenvalue weighted by Gasteiger charge is 2.01. The van der Waals surface area contributed by atoms with Gasteiger partial charge in [0.15, 0.2) is 0 Å². The molecule has 0 spiro atoms. The Morgan fingerprint density at radius 2 is 2.38 bits per heavy atom. The monoisotopic (exact) mass is 128 g/mol. The van der Waals surface area contributed by atoms with Gasteiger partial charge in [0.1, 0.15) is 0 Å². The molecule has 2 nitrogen and oxygen atoms in total. The van der Waals surface area contributed by atoms with Gasteiger partial charge in [0.05, 0.1) is 10.4 Å². The molecule has 0 fully saturated rings. The highest BCUT2D eigenvalue weighted by atomic mass is 32.2. The summed E-state index contributed by atoms with van der Waals surface area (Å²) in [5, 5.41) is 0.847. The van der Waals surface area contributed by atoms with Crippen LogP contribution in [0.1, 0.15) is 0 Å². The molecule has 1 aliphatic heterocycles. The van der Waals surface area contributed by atoms with Crippen LogP contribution in [-0.4, -0.2) is 5.37 Å². The van der Waals surface area contributed by atoms with Crippen molar-refractivity contribution in [2.24, 2.45) is 11.5 Å². The summed E-state index contributed by atoms with van der Waals surface area (Å²) < 4.78 is 0. The van der Waals surface area contributed by atoms with Gasteiger partial charge in [-0.05, 0) is 6.08 Å². The smallest absolute Gasteiger partial charge is 0.0758 e. The molecule has 3 heteroatoms. The van der Waals surface area contributed by atoms with Gasteiger partial charge >= 0.3 is 0 Å². The SMILES string of the molecule is NC1=CC=CC(N)S1. The van der Waals surface area contributed by atoms with Crippen LogP contribution in [0, 0.1) is 0 Å². The third-order valence-corrected chi connectivity index (χ3v) is 1.67. The first-order valence-electron chi connectivity index (χ1n) is 2.35. The Bertz CT molecular complexity index is 139. The third-order valence-electron chi connectivity index (χ3n) is 0.833. The van der Waals surface area contributed by atoms with Crippen molar-refractivity contribution in [3.8, 4) is 0 Å². The maximum atomic E-state index is 5.48. The van der Waals surface area contributed by atoms with Crippen LogP contribution in [0.3, 0.4) is 0 Å². The van der Waals surface area contributed by atoms with Crippen LogP contribution in [0.4, 0.5) is 0 Å². The minimum Gasteiger partial charge on any atom is -0.393 e. The first kappa shape index (κ1) is 5.72. The molecule has 1 unspecified atom stereocenters. The Balaban J connectivity index is 2.59. The normalized spacial score (nSPS) is 27.6. The van der Waals surface area contributed by atoms with Crippen molar-refractivity contribution in [3.05, 3.63) is 23.3 Å². The van der Waals surface area contributed by atoms with Crippen LogP contribution in [0.2, 0.25) is 0 Å². The lowest BCUT2D eigenvalue weighted by molar-refractivity contribution is 1.16. The van der Waals surface area contributed by atoms with Crippen molar-refractivity contribution < 1.29 is 0 Å². The summed E-state index contributed by atoms with van der Waals surface area (Å²) in [5.74, 6) is 0. The first-order valence-corrected chi connectivity index (χ1v) is 3.23. The molecule has 0 aromatic carbocycles. The van der Waals surface area contributed by atoms with Crippen molar-refractivity contribution in [1.82, 2.24) is 0 Å². The molecule has 0 saturated carbocycles. The van der Waals surface area contributed by atoms with E-state index in [1.165, 1.54) is 11.8 Å². The molecule has 1 heterocycles. The molecule has 4 N–H and O–H groups in total. The van der Waals surface area contributed by atoms with Gasteiger partial charge in [-0.15, -0.1) is 0 Å². The van der Waals surface area contributed by atoms with Crippen LogP contribution >= 0.6 is 11.8 Å². The largest absolute Gasteiger partial charge is 0.393 e. The van der Waals surface area contributed by atoms with E-state index in [1.807, 2.05) is 18.2 Å². The number of hydrogen-bond donors (Lipinski definition) is 2. The van der Waals surface area contributed by atoms with E-state index in [4.69, 9.17) is 11.5 Å². The first-order chi connectivity index (χ1) is 3.79. The van der Waals surface area contributed by atoms with Gasteiger partial charge in [-0.1, -0.05) is 23.9 Å². The summed E-state index contributed by atoms with van der Waals surface area (Å²) in [6.07, 6.45) is 5.62. The molecule has 0 bridgehead atoms. The van der Waals surface area contributed by atoms with E-state index >= 15 is 0 Å². The van der Waals surface area contributed by atoms with Gasteiger partial charge in [-0.25, -0.2) is 0 Å². The zero-order valence-corrected chi connectivity index (χ0v) is 5.19. The van der Waals surface area contributed by atoms with E-state index in [-0.39, 0.29) is 5.37 Å². The van der Waals surface area contributed by atoms with E-state index in [1.54, 1.807) is 0 Å². The zero-order chi connectivity index (χ0) is 5.98. The standard InChI is InChI=1S/C5H8N2S/c6-4-2-1-3-5(7)8-4/h1-4H,6-7H2. The van der Waals surface area contributed by atoms with Gasteiger partial charge in [0.25, 0.3) is 0 Å². The number of thioether (sulfide) groups is 1. The molecule has 0 radical (unpaired) electrons. The van der Waals surface area contributed by atoms with E-state index < -0.39 is 0 Å². The lowest BCUT2D eigenvalue weighted by Gasteiger charge is -2.08. The Kier molecular flexibility index (Phi) is 1.60. The molecule has 0 saturated heterocycles. The van der Waals surface area contributed by atoms with Crippen LogP contribution in [0.25, 0.3) is 0 Å². The molecule has 0 amide bonds. The van der Waals surface area contributed by atoms with Crippen molar-refractivity contribution >= 4 is 11.8 Å². The summed E-state index contributed by atoms with van der Waals surface area (Å²) in [6, 6.07) is 0. The molecule has 1 aliphatic rings. The fourth-order valence-corrected chi connectivity index (χ4v) is 1.14. The zero-order valence-electron chi connectivity index (χ0n) is 4.37. The second-order valence-corrected chi connectivity index (χ2v) is 2.79. The van der Waals surface area contributed by atoms with Crippen molar-refractivity contribution in [1.29, 1.82) is 0 Å². The predicted molar refractivity (Wildman–Crippen MR) is 37.0 cm³/mol. The molecule has 8 heavy (non-hydrogen) atoms. The summed E-state index contributed by atoms with van der Waals surface area (Å²) in [4.78, 5) is 0. The third kappa shape index (κ3) is 1.28. The minimum atomic E-state index is 0.0556. The average molecular weight is 128 g/mol. The molecule has 1 atom stereocenters. The topological polar surface area (TPSA) is 52.0 Å². The Morgan fingerprint density at radius 1 is 1.62 bits per heavy atom. The average Bonchev–Trinajstić information content (AvgIpc) is 1.64. The number of rotatable bonds is 0. The molecule has 1 rings (SSSR count). The van der Waals surface area contributed by atoms with Gasteiger partial charge in [-0.2, -0.15) is 0 Å².